The summed E-state index contributed by atoms with van der Waals surface area (Å²) in [5.41, 5.74) is -1.51. The van der Waals surface area contributed by atoms with Crippen LogP contribution in [0, 0.1) is 0 Å². The van der Waals surface area contributed by atoms with Crippen LogP contribution in [-0.4, -0.2) is 25.0 Å². The van der Waals surface area contributed by atoms with Gasteiger partial charge >= 0.3 is 5.97 Å². The highest BCUT2D eigenvalue weighted by Crippen LogP contribution is 2.35. The van der Waals surface area contributed by atoms with Crippen molar-refractivity contribution < 1.29 is 18.3 Å². The third-order valence-electron chi connectivity index (χ3n) is 2.50. The van der Waals surface area contributed by atoms with E-state index >= 15 is 0 Å². The van der Waals surface area contributed by atoms with Gasteiger partial charge in [0.2, 0.25) is 10.0 Å². The zero-order valence-electron chi connectivity index (χ0n) is 10.2. The van der Waals surface area contributed by atoms with E-state index in [-0.39, 0.29) is 11.3 Å². The third kappa shape index (κ3) is 4.01. The van der Waals surface area contributed by atoms with Crippen LogP contribution in [0.4, 0.5) is 0 Å². The fraction of sp³-hybridized carbons (Fsp3) is 0.500. The Kier molecular flexibility index (Phi) is 5.59. The molecule has 5 nitrogen and oxygen atoms in total. The molecule has 1 atom stereocenters. The van der Waals surface area contributed by atoms with Gasteiger partial charge in [-0.15, -0.1) is 11.3 Å². The van der Waals surface area contributed by atoms with Crippen molar-refractivity contribution in [2.24, 2.45) is 0 Å². The monoisotopic (exact) mass is 433 g/mol. The summed E-state index contributed by atoms with van der Waals surface area (Å²) < 4.78 is 27.8. The number of rotatable bonds is 6. The topological polar surface area (TPSA) is 83.5 Å². The molecule has 0 aliphatic carbocycles. The van der Waals surface area contributed by atoms with Crippen LogP contribution in [0.15, 0.2) is 18.5 Å². The Morgan fingerprint density at radius 1 is 1.53 bits per heavy atom. The Balaban J connectivity index is 3.15. The Labute approximate surface area is 132 Å². The minimum atomic E-state index is -3.89. The van der Waals surface area contributed by atoms with Gasteiger partial charge < -0.3 is 5.11 Å². The average Bonchev–Trinajstić information content (AvgIpc) is 2.57. The van der Waals surface area contributed by atoms with Crippen LogP contribution in [0.25, 0.3) is 0 Å². The maximum Gasteiger partial charge on any atom is 0.324 e. The van der Waals surface area contributed by atoms with E-state index in [1.54, 1.807) is 6.92 Å². The van der Waals surface area contributed by atoms with Gasteiger partial charge in [0.25, 0.3) is 0 Å². The van der Waals surface area contributed by atoms with E-state index in [1.165, 1.54) is 24.3 Å². The molecule has 0 aliphatic heterocycles. The van der Waals surface area contributed by atoms with Crippen molar-refractivity contribution in [3.05, 3.63) is 13.6 Å². The van der Waals surface area contributed by atoms with Gasteiger partial charge in [0.15, 0.2) is 0 Å². The molecule has 1 rings (SSSR count). The highest BCUT2D eigenvalue weighted by molar-refractivity contribution is 9.12. The molecule has 0 aliphatic rings. The lowest BCUT2D eigenvalue weighted by Crippen LogP contribution is -2.51. The summed E-state index contributed by atoms with van der Waals surface area (Å²) >= 11 is 7.56. The number of hydrogen-bond acceptors (Lipinski definition) is 4. The highest BCUT2D eigenvalue weighted by atomic mass is 79.9. The van der Waals surface area contributed by atoms with Crippen molar-refractivity contribution in [2.45, 2.75) is 37.1 Å². The predicted octanol–water partition coefficient (Wildman–Crippen LogP) is 3.19. The van der Waals surface area contributed by atoms with Crippen LogP contribution < -0.4 is 4.72 Å². The van der Waals surface area contributed by atoms with E-state index in [0.29, 0.717) is 14.0 Å². The van der Waals surface area contributed by atoms with E-state index in [4.69, 9.17) is 0 Å². The molecule has 1 heterocycles. The molecule has 0 spiro atoms. The number of sulfonamides is 1. The molecule has 2 N–H and O–H groups in total. The lowest BCUT2D eigenvalue weighted by atomic mass is 9.98. The molecule has 0 amide bonds. The average molecular weight is 435 g/mol. The predicted molar refractivity (Wildman–Crippen MR) is 81.0 cm³/mol. The number of thiophene rings is 1. The number of carbonyl (C=O) groups is 1. The Morgan fingerprint density at radius 2 is 2.11 bits per heavy atom. The second kappa shape index (κ2) is 6.21. The number of aliphatic carboxylic acids is 1. The van der Waals surface area contributed by atoms with Crippen LogP contribution >= 0.6 is 43.2 Å². The minimum absolute atomic E-state index is 0.0351. The first-order valence-electron chi connectivity index (χ1n) is 5.34. The SMILES string of the molecule is CCCC(C)(NS(=O)(=O)c1cc(Br)sc1Br)C(=O)O. The van der Waals surface area contributed by atoms with Crippen LogP contribution in [-0.2, 0) is 14.8 Å². The first-order valence-corrected chi connectivity index (χ1v) is 9.23. The van der Waals surface area contributed by atoms with Crippen LogP contribution in [0.5, 0.6) is 0 Å². The number of nitrogens with one attached hydrogen (secondary N) is 1. The third-order valence-corrected chi connectivity index (χ3v) is 6.85. The molecule has 108 valence electrons. The van der Waals surface area contributed by atoms with Gasteiger partial charge in [-0.3, -0.25) is 4.79 Å². The summed E-state index contributed by atoms with van der Waals surface area (Å²) in [7, 11) is -3.89. The Morgan fingerprint density at radius 3 is 2.47 bits per heavy atom. The van der Waals surface area contributed by atoms with E-state index in [0.717, 1.165) is 0 Å². The van der Waals surface area contributed by atoms with Gasteiger partial charge in [0, 0.05) is 0 Å². The van der Waals surface area contributed by atoms with Gasteiger partial charge in [-0.2, -0.15) is 4.72 Å². The molecular weight excluding hydrogens is 422 g/mol. The van der Waals surface area contributed by atoms with Crippen molar-refractivity contribution in [3.8, 4) is 0 Å². The molecule has 1 unspecified atom stereocenters. The smallest absolute Gasteiger partial charge is 0.324 e. The molecule has 0 saturated carbocycles. The van der Waals surface area contributed by atoms with Gasteiger partial charge in [-0.05, 0) is 51.3 Å². The van der Waals surface area contributed by atoms with Crippen molar-refractivity contribution in [1.29, 1.82) is 0 Å². The van der Waals surface area contributed by atoms with Gasteiger partial charge in [0.1, 0.15) is 10.4 Å². The molecule has 1 aromatic heterocycles. The molecule has 0 saturated heterocycles. The van der Waals surface area contributed by atoms with E-state index in [9.17, 15) is 18.3 Å². The van der Waals surface area contributed by atoms with Crippen LogP contribution in [0.2, 0.25) is 0 Å². The molecule has 0 fully saturated rings. The zero-order chi connectivity index (χ0) is 14.8. The van der Waals surface area contributed by atoms with Gasteiger partial charge in [0.05, 0.1) is 7.57 Å². The van der Waals surface area contributed by atoms with Crippen molar-refractivity contribution in [3.63, 3.8) is 0 Å². The Bertz CT molecular complexity index is 584. The van der Waals surface area contributed by atoms with Gasteiger partial charge in [-0.1, -0.05) is 13.3 Å². The van der Waals surface area contributed by atoms with Crippen molar-refractivity contribution in [1.82, 2.24) is 4.72 Å². The molecule has 9 heteroatoms. The Hall–Kier alpha value is 0.0400. The van der Waals surface area contributed by atoms with Gasteiger partial charge in [-0.25, -0.2) is 8.42 Å². The quantitative estimate of drug-likeness (QED) is 0.719. The second-order valence-electron chi connectivity index (χ2n) is 4.18. The number of hydrogen-bond donors (Lipinski definition) is 2. The maximum atomic E-state index is 12.2. The number of carboxylic acid groups (broad SMARTS) is 1. The number of carboxylic acids is 1. The summed E-state index contributed by atoms with van der Waals surface area (Å²) in [6.07, 6.45) is 0.768. The fourth-order valence-electron chi connectivity index (χ4n) is 1.56. The summed E-state index contributed by atoms with van der Waals surface area (Å²) in [4.78, 5) is 11.3. The van der Waals surface area contributed by atoms with Crippen LogP contribution in [0.1, 0.15) is 26.7 Å². The molecule has 1 aromatic rings. The zero-order valence-corrected chi connectivity index (χ0v) is 15.0. The summed E-state index contributed by atoms with van der Waals surface area (Å²) in [6, 6.07) is 1.44. The molecular formula is C10H13Br2NO4S2. The fourth-order valence-corrected chi connectivity index (χ4v) is 6.77. The first kappa shape index (κ1) is 17.1. The van der Waals surface area contributed by atoms with Crippen molar-refractivity contribution >= 4 is 59.2 Å². The summed E-state index contributed by atoms with van der Waals surface area (Å²) in [5, 5.41) is 9.20. The molecule has 0 radical (unpaired) electrons. The minimum Gasteiger partial charge on any atom is -0.480 e. The lowest BCUT2D eigenvalue weighted by Gasteiger charge is -2.25. The first-order chi connectivity index (χ1) is 8.62. The normalized spacial score (nSPS) is 15.2. The van der Waals surface area contributed by atoms with E-state index in [2.05, 4.69) is 36.6 Å². The van der Waals surface area contributed by atoms with Crippen LogP contribution in [0.3, 0.4) is 0 Å². The van der Waals surface area contributed by atoms with E-state index in [1.807, 2.05) is 0 Å². The molecule has 19 heavy (non-hydrogen) atoms. The molecule has 0 aromatic carbocycles. The summed E-state index contributed by atoms with van der Waals surface area (Å²) in [6.45, 7) is 3.16. The summed E-state index contributed by atoms with van der Waals surface area (Å²) in [5.74, 6) is -1.19. The van der Waals surface area contributed by atoms with E-state index < -0.39 is 21.5 Å². The lowest BCUT2D eigenvalue weighted by molar-refractivity contribution is -0.143. The number of halogens is 2. The second-order valence-corrected chi connectivity index (χ2v) is 9.58. The standard InChI is InChI=1S/C10H13Br2NO4S2/c1-3-4-10(2,9(14)15)13-19(16,17)6-5-7(11)18-8(6)12/h5,13H,3-4H2,1-2H3,(H,14,15). The highest BCUT2D eigenvalue weighted by Gasteiger charge is 2.38. The largest absolute Gasteiger partial charge is 0.480 e. The maximum absolute atomic E-state index is 12.2. The van der Waals surface area contributed by atoms with Crippen molar-refractivity contribution in [2.75, 3.05) is 0 Å². The molecule has 0 bridgehead atoms.